The minimum atomic E-state index is -4.29. The molecule has 0 aliphatic rings. The number of alkyl halides is 3. The van der Waals surface area contributed by atoms with Gasteiger partial charge in [0.05, 0.1) is 11.6 Å². The van der Waals surface area contributed by atoms with Crippen LogP contribution in [0.1, 0.15) is 27.6 Å². The highest BCUT2D eigenvalue weighted by molar-refractivity contribution is 7.10. The number of thiophene rings is 1. The lowest BCUT2D eigenvalue weighted by Crippen LogP contribution is -2.17. The Kier molecular flexibility index (Phi) is 3.96. The maximum absolute atomic E-state index is 12.5. The van der Waals surface area contributed by atoms with Crippen molar-refractivity contribution in [1.82, 2.24) is 5.32 Å². The molecular formula is C14H14F3NS. The molecule has 0 aliphatic heterocycles. The smallest absolute Gasteiger partial charge is 0.309 e. The van der Waals surface area contributed by atoms with Crippen LogP contribution < -0.4 is 5.32 Å². The highest BCUT2D eigenvalue weighted by Crippen LogP contribution is 2.32. The predicted molar refractivity (Wildman–Crippen MR) is 71.4 cm³/mol. The first-order valence-electron chi connectivity index (χ1n) is 5.82. The van der Waals surface area contributed by atoms with Gasteiger partial charge in [-0.15, -0.1) is 11.3 Å². The number of nitrogens with one attached hydrogen (secondary N) is 1. The van der Waals surface area contributed by atoms with E-state index in [-0.39, 0.29) is 6.04 Å². The van der Waals surface area contributed by atoms with E-state index >= 15 is 0 Å². The van der Waals surface area contributed by atoms with Gasteiger partial charge >= 0.3 is 6.18 Å². The zero-order chi connectivity index (χ0) is 14.0. The summed E-state index contributed by atoms with van der Waals surface area (Å²) in [6, 6.07) is 7.26. The van der Waals surface area contributed by atoms with Crippen molar-refractivity contribution >= 4 is 11.3 Å². The molecule has 102 valence electrons. The zero-order valence-electron chi connectivity index (χ0n) is 10.6. The first-order chi connectivity index (χ1) is 8.93. The minimum Gasteiger partial charge on any atom is -0.309 e. The fourth-order valence-electron chi connectivity index (χ4n) is 1.99. The number of rotatable bonds is 3. The maximum Gasteiger partial charge on any atom is 0.416 e. The van der Waals surface area contributed by atoms with Crippen LogP contribution >= 0.6 is 11.3 Å². The monoisotopic (exact) mass is 285 g/mol. The first kappa shape index (κ1) is 14.1. The summed E-state index contributed by atoms with van der Waals surface area (Å²) in [4.78, 5) is 1.13. The second-order valence-corrected chi connectivity index (χ2v) is 5.26. The van der Waals surface area contributed by atoms with Crippen molar-refractivity contribution in [1.29, 1.82) is 0 Å². The summed E-state index contributed by atoms with van der Waals surface area (Å²) in [6.07, 6.45) is -4.29. The molecule has 2 rings (SSSR count). The number of hydrogen-bond donors (Lipinski definition) is 1. The Balaban J connectivity index is 2.33. The quantitative estimate of drug-likeness (QED) is 0.882. The summed E-state index contributed by atoms with van der Waals surface area (Å²) in [5, 5.41) is 5.13. The van der Waals surface area contributed by atoms with Crippen LogP contribution in [0, 0.1) is 6.92 Å². The van der Waals surface area contributed by atoms with Gasteiger partial charge in [-0.2, -0.15) is 13.2 Å². The molecule has 0 amide bonds. The molecule has 1 nitrogen and oxygen atoms in total. The summed E-state index contributed by atoms with van der Waals surface area (Å²) in [5.74, 6) is 0. The Morgan fingerprint density at radius 2 is 1.74 bits per heavy atom. The molecule has 0 fully saturated rings. The van der Waals surface area contributed by atoms with E-state index in [9.17, 15) is 13.2 Å². The lowest BCUT2D eigenvalue weighted by atomic mass is 10.0. The van der Waals surface area contributed by atoms with E-state index in [2.05, 4.69) is 5.32 Å². The van der Waals surface area contributed by atoms with Gasteiger partial charge in [-0.1, -0.05) is 12.1 Å². The van der Waals surface area contributed by atoms with Crippen LogP contribution in [0.25, 0.3) is 0 Å². The van der Waals surface area contributed by atoms with Gasteiger partial charge in [-0.05, 0) is 48.7 Å². The van der Waals surface area contributed by atoms with Crippen molar-refractivity contribution in [2.24, 2.45) is 0 Å². The van der Waals surface area contributed by atoms with Gasteiger partial charge in [0.2, 0.25) is 0 Å². The number of aryl methyl sites for hydroxylation is 1. The van der Waals surface area contributed by atoms with Crippen molar-refractivity contribution in [3.8, 4) is 0 Å². The van der Waals surface area contributed by atoms with Crippen LogP contribution in [0.4, 0.5) is 13.2 Å². The van der Waals surface area contributed by atoms with Crippen molar-refractivity contribution in [3.05, 3.63) is 57.3 Å². The molecule has 1 N–H and O–H groups in total. The predicted octanol–water partition coefficient (Wildman–Crippen LogP) is 4.38. The molecule has 1 aromatic heterocycles. The van der Waals surface area contributed by atoms with E-state index in [1.54, 1.807) is 11.3 Å². The molecular weight excluding hydrogens is 271 g/mol. The van der Waals surface area contributed by atoms with Crippen molar-refractivity contribution in [2.45, 2.75) is 19.1 Å². The second-order valence-electron chi connectivity index (χ2n) is 4.31. The van der Waals surface area contributed by atoms with Gasteiger partial charge in [-0.3, -0.25) is 0 Å². The van der Waals surface area contributed by atoms with Crippen LogP contribution in [-0.4, -0.2) is 7.05 Å². The average molecular weight is 285 g/mol. The van der Waals surface area contributed by atoms with Crippen LogP contribution in [0.2, 0.25) is 0 Å². The normalized spacial score (nSPS) is 13.5. The maximum atomic E-state index is 12.5. The van der Waals surface area contributed by atoms with Gasteiger partial charge in [0.25, 0.3) is 0 Å². The Morgan fingerprint density at radius 3 is 2.16 bits per heavy atom. The molecule has 1 atom stereocenters. The van der Waals surface area contributed by atoms with E-state index in [1.165, 1.54) is 12.1 Å². The molecule has 5 heteroatoms. The van der Waals surface area contributed by atoms with Crippen LogP contribution in [0.3, 0.4) is 0 Å². The Hall–Kier alpha value is -1.33. The SMILES string of the molecule is CNC(c1ccc(C(F)(F)F)cc1)c1sccc1C. The van der Waals surface area contributed by atoms with E-state index in [1.807, 2.05) is 25.4 Å². The summed E-state index contributed by atoms with van der Waals surface area (Å²) >= 11 is 1.60. The number of hydrogen-bond acceptors (Lipinski definition) is 2. The molecule has 1 heterocycles. The average Bonchev–Trinajstić information content (AvgIpc) is 2.76. The molecule has 0 spiro atoms. The topological polar surface area (TPSA) is 12.0 Å². The lowest BCUT2D eigenvalue weighted by molar-refractivity contribution is -0.137. The molecule has 2 aromatic rings. The molecule has 0 radical (unpaired) electrons. The summed E-state index contributed by atoms with van der Waals surface area (Å²) in [5.41, 5.74) is 1.36. The summed E-state index contributed by atoms with van der Waals surface area (Å²) in [7, 11) is 1.81. The third kappa shape index (κ3) is 2.98. The first-order valence-corrected chi connectivity index (χ1v) is 6.70. The Morgan fingerprint density at radius 1 is 1.11 bits per heavy atom. The van der Waals surface area contributed by atoms with Crippen LogP contribution in [0.15, 0.2) is 35.7 Å². The number of benzene rings is 1. The largest absolute Gasteiger partial charge is 0.416 e. The van der Waals surface area contributed by atoms with Crippen LogP contribution in [-0.2, 0) is 6.18 Å². The third-order valence-electron chi connectivity index (χ3n) is 3.02. The van der Waals surface area contributed by atoms with Crippen molar-refractivity contribution in [3.63, 3.8) is 0 Å². The lowest BCUT2D eigenvalue weighted by Gasteiger charge is -2.17. The zero-order valence-corrected chi connectivity index (χ0v) is 11.4. The molecule has 0 saturated carbocycles. The standard InChI is InChI=1S/C14H14F3NS/c1-9-7-8-19-13(9)12(18-2)10-3-5-11(6-4-10)14(15,16)17/h3-8,12,18H,1-2H3. The third-order valence-corrected chi connectivity index (χ3v) is 4.11. The highest BCUT2D eigenvalue weighted by atomic mass is 32.1. The fraction of sp³-hybridized carbons (Fsp3) is 0.286. The molecule has 0 saturated heterocycles. The van der Waals surface area contributed by atoms with Gasteiger partial charge in [0.15, 0.2) is 0 Å². The molecule has 0 bridgehead atoms. The molecule has 1 aromatic carbocycles. The van der Waals surface area contributed by atoms with Gasteiger partial charge in [-0.25, -0.2) is 0 Å². The van der Waals surface area contributed by atoms with Gasteiger partial charge < -0.3 is 5.32 Å². The van der Waals surface area contributed by atoms with E-state index in [0.29, 0.717) is 0 Å². The van der Waals surface area contributed by atoms with Crippen molar-refractivity contribution in [2.75, 3.05) is 7.05 Å². The summed E-state index contributed by atoms with van der Waals surface area (Å²) in [6.45, 7) is 2.00. The molecule has 0 aliphatic carbocycles. The molecule has 19 heavy (non-hydrogen) atoms. The van der Waals surface area contributed by atoms with E-state index in [0.717, 1.165) is 28.1 Å². The second kappa shape index (κ2) is 5.35. The minimum absolute atomic E-state index is 0.0673. The van der Waals surface area contributed by atoms with E-state index in [4.69, 9.17) is 0 Å². The Bertz CT molecular complexity index is 543. The highest BCUT2D eigenvalue weighted by Gasteiger charge is 2.30. The summed E-state index contributed by atoms with van der Waals surface area (Å²) < 4.78 is 37.6. The Labute approximate surface area is 114 Å². The van der Waals surface area contributed by atoms with Crippen LogP contribution in [0.5, 0.6) is 0 Å². The van der Waals surface area contributed by atoms with Gasteiger partial charge in [0.1, 0.15) is 0 Å². The van der Waals surface area contributed by atoms with Gasteiger partial charge in [0, 0.05) is 4.88 Å². The van der Waals surface area contributed by atoms with E-state index < -0.39 is 11.7 Å². The molecule has 1 unspecified atom stereocenters. The number of halogens is 3. The fourth-order valence-corrected chi connectivity index (χ4v) is 3.06. The van der Waals surface area contributed by atoms with Crippen molar-refractivity contribution < 1.29 is 13.2 Å².